The Bertz CT molecular complexity index is 1250. The van der Waals surface area contributed by atoms with Gasteiger partial charge in [0.2, 0.25) is 10.0 Å². The molecule has 0 unspecified atom stereocenters. The number of benzene rings is 3. The number of aromatic hydroxyl groups is 1. The first-order chi connectivity index (χ1) is 15.0. The molecule has 1 fully saturated rings. The Morgan fingerprint density at radius 1 is 1.00 bits per heavy atom. The Morgan fingerprint density at radius 3 is 2.58 bits per heavy atom. The first-order valence-corrected chi connectivity index (χ1v) is 11.6. The van der Waals surface area contributed by atoms with E-state index < -0.39 is 15.9 Å². The molecular weight excluding hydrogens is 414 g/mol. The van der Waals surface area contributed by atoms with Gasteiger partial charge in [0.15, 0.2) is 0 Å². The summed E-state index contributed by atoms with van der Waals surface area (Å²) < 4.78 is 27.2. The van der Waals surface area contributed by atoms with Crippen LogP contribution in [0.2, 0.25) is 0 Å². The zero-order valence-electron chi connectivity index (χ0n) is 16.9. The molecule has 1 heterocycles. The summed E-state index contributed by atoms with van der Waals surface area (Å²) in [4.78, 5) is 12.6. The number of nitrogens with zero attached hydrogens (tertiary/aromatic N) is 2. The van der Waals surface area contributed by atoms with Crippen molar-refractivity contribution in [3.63, 3.8) is 0 Å². The summed E-state index contributed by atoms with van der Waals surface area (Å²) >= 11 is 0. The first-order valence-electron chi connectivity index (χ1n) is 10.1. The molecule has 0 aliphatic carbocycles. The van der Waals surface area contributed by atoms with E-state index in [1.807, 2.05) is 24.3 Å². The zero-order valence-corrected chi connectivity index (χ0v) is 17.7. The molecule has 1 saturated heterocycles. The third kappa shape index (κ3) is 4.45. The van der Waals surface area contributed by atoms with Crippen molar-refractivity contribution < 1.29 is 18.3 Å². The Kier molecular flexibility index (Phi) is 6.01. The van der Waals surface area contributed by atoms with Gasteiger partial charge in [0, 0.05) is 24.2 Å². The number of piperidine rings is 1. The van der Waals surface area contributed by atoms with Crippen molar-refractivity contribution in [3.8, 4) is 5.75 Å². The summed E-state index contributed by atoms with van der Waals surface area (Å²) in [7, 11) is -3.63. The highest BCUT2D eigenvalue weighted by Crippen LogP contribution is 2.25. The third-order valence-electron chi connectivity index (χ3n) is 5.36. The van der Waals surface area contributed by atoms with E-state index in [0.29, 0.717) is 18.7 Å². The van der Waals surface area contributed by atoms with Crippen molar-refractivity contribution in [3.05, 3.63) is 71.8 Å². The summed E-state index contributed by atoms with van der Waals surface area (Å²) in [6, 6.07) is 16.8. The average Bonchev–Trinajstić information content (AvgIpc) is 2.81. The lowest BCUT2D eigenvalue weighted by Gasteiger charge is -2.25. The molecule has 31 heavy (non-hydrogen) atoms. The van der Waals surface area contributed by atoms with Gasteiger partial charge in [-0.05, 0) is 47.9 Å². The molecule has 1 aliphatic heterocycles. The largest absolute Gasteiger partial charge is 0.507 e. The number of phenolic OH excluding ortho intramolecular Hbond substituents is 1. The lowest BCUT2D eigenvalue weighted by Crippen LogP contribution is -2.35. The SMILES string of the molecule is O=C(N/N=C/c1c(O)ccc2ccccc12)c1cccc(S(=O)(=O)N2CCCCC2)c1. The van der Waals surface area contributed by atoms with Gasteiger partial charge in [-0.25, -0.2) is 13.8 Å². The van der Waals surface area contributed by atoms with Crippen LogP contribution >= 0.6 is 0 Å². The molecule has 0 radical (unpaired) electrons. The normalized spacial score (nSPS) is 15.4. The number of hydrazone groups is 1. The summed E-state index contributed by atoms with van der Waals surface area (Å²) in [5.41, 5.74) is 3.09. The fourth-order valence-corrected chi connectivity index (χ4v) is 5.26. The van der Waals surface area contributed by atoms with Gasteiger partial charge in [0.05, 0.1) is 11.1 Å². The van der Waals surface area contributed by atoms with Crippen molar-refractivity contribution in [1.29, 1.82) is 0 Å². The van der Waals surface area contributed by atoms with E-state index in [1.165, 1.54) is 28.7 Å². The van der Waals surface area contributed by atoms with E-state index >= 15 is 0 Å². The number of hydrogen-bond acceptors (Lipinski definition) is 5. The van der Waals surface area contributed by atoms with Crippen LogP contribution in [0.15, 0.2) is 70.7 Å². The number of phenols is 1. The van der Waals surface area contributed by atoms with Crippen molar-refractivity contribution in [2.75, 3.05) is 13.1 Å². The molecule has 7 nitrogen and oxygen atoms in total. The predicted octanol–water partition coefficient (Wildman–Crippen LogP) is 3.48. The molecule has 1 amide bonds. The topological polar surface area (TPSA) is 99.1 Å². The molecule has 2 N–H and O–H groups in total. The fourth-order valence-electron chi connectivity index (χ4n) is 3.69. The lowest BCUT2D eigenvalue weighted by molar-refractivity contribution is 0.0955. The van der Waals surface area contributed by atoms with Crippen LogP contribution in [0.4, 0.5) is 0 Å². The Morgan fingerprint density at radius 2 is 1.77 bits per heavy atom. The Balaban J connectivity index is 1.52. The molecule has 0 bridgehead atoms. The van der Waals surface area contributed by atoms with Gasteiger partial charge in [-0.3, -0.25) is 4.79 Å². The second-order valence-corrected chi connectivity index (χ2v) is 9.35. The average molecular weight is 438 g/mol. The van der Waals surface area contributed by atoms with Gasteiger partial charge in [0.25, 0.3) is 5.91 Å². The molecule has 0 aromatic heterocycles. The van der Waals surface area contributed by atoms with E-state index in [4.69, 9.17) is 0 Å². The number of fused-ring (bicyclic) bond motifs is 1. The maximum absolute atomic E-state index is 12.9. The second-order valence-electron chi connectivity index (χ2n) is 7.41. The quantitative estimate of drug-likeness (QED) is 0.471. The Hall–Kier alpha value is -3.23. The molecule has 0 atom stereocenters. The van der Waals surface area contributed by atoms with Crippen LogP contribution in [0.1, 0.15) is 35.2 Å². The number of nitrogens with one attached hydrogen (secondary N) is 1. The van der Waals surface area contributed by atoms with Crippen LogP contribution in [-0.4, -0.2) is 43.0 Å². The molecule has 8 heteroatoms. The first kappa shape index (κ1) is 21.0. The number of carbonyl (C=O) groups excluding carboxylic acids is 1. The van der Waals surface area contributed by atoms with Crippen LogP contribution in [0.25, 0.3) is 10.8 Å². The van der Waals surface area contributed by atoms with Crippen molar-refractivity contribution in [2.45, 2.75) is 24.2 Å². The van der Waals surface area contributed by atoms with Gasteiger partial charge < -0.3 is 5.11 Å². The maximum atomic E-state index is 12.9. The predicted molar refractivity (Wildman–Crippen MR) is 120 cm³/mol. The van der Waals surface area contributed by atoms with Gasteiger partial charge in [0.1, 0.15) is 5.75 Å². The molecule has 3 aromatic rings. The molecular formula is C23H23N3O4S. The molecule has 3 aromatic carbocycles. The van der Waals surface area contributed by atoms with E-state index in [0.717, 1.165) is 30.0 Å². The summed E-state index contributed by atoms with van der Waals surface area (Å²) in [6.07, 6.45) is 4.09. The van der Waals surface area contributed by atoms with E-state index in [9.17, 15) is 18.3 Å². The summed E-state index contributed by atoms with van der Waals surface area (Å²) in [5, 5.41) is 15.9. The number of sulfonamides is 1. The standard InChI is InChI=1S/C23H23N3O4S/c27-22-12-11-17-7-2-3-10-20(17)21(22)16-24-25-23(28)18-8-6-9-19(15-18)31(29,30)26-13-4-1-5-14-26/h2-3,6-12,15-16,27H,1,4-5,13-14H2,(H,25,28)/b24-16+. The molecule has 4 rings (SSSR count). The van der Waals surface area contributed by atoms with Crippen LogP contribution in [0.3, 0.4) is 0 Å². The van der Waals surface area contributed by atoms with Crippen LogP contribution < -0.4 is 5.43 Å². The van der Waals surface area contributed by atoms with Gasteiger partial charge in [-0.15, -0.1) is 0 Å². The number of amides is 1. The van der Waals surface area contributed by atoms with E-state index in [2.05, 4.69) is 10.5 Å². The van der Waals surface area contributed by atoms with Gasteiger partial charge >= 0.3 is 0 Å². The van der Waals surface area contributed by atoms with Crippen molar-refractivity contribution in [2.24, 2.45) is 5.10 Å². The molecule has 1 aliphatic rings. The van der Waals surface area contributed by atoms with Crippen molar-refractivity contribution in [1.82, 2.24) is 9.73 Å². The van der Waals surface area contributed by atoms with Crippen LogP contribution in [0.5, 0.6) is 5.75 Å². The Labute approximate surface area is 181 Å². The van der Waals surface area contributed by atoms with Gasteiger partial charge in [-0.2, -0.15) is 9.41 Å². The minimum absolute atomic E-state index is 0.0475. The molecule has 160 valence electrons. The number of carbonyl (C=O) groups is 1. The summed E-state index contributed by atoms with van der Waals surface area (Å²) in [6.45, 7) is 0.995. The lowest BCUT2D eigenvalue weighted by atomic mass is 10.0. The highest BCUT2D eigenvalue weighted by atomic mass is 32.2. The number of rotatable bonds is 5. The smallest absolute Gasteiger partial charge is 0.271 e. The minimum atomic E-state index is -3.63. The zero-order chi connectivity index (χ0) is 21.8. The second kappa shape index (κ2) is 8.87. The highest BCUT2D eigenvalue weighted by molar-refractivity contribution is 7.89. The van der Waals surface area contributed by atoms with E-state index in [1.54, 1.807) is 18.2 Å². The minimum Gasteiger partial charge on any atom is -0.507 e. The molecule has 0 saturated carbocycles. The number of hydrogen-bond donors (Lipinski definition) is 2. The van der Waals surface area contributed by atoms with Crippen molar-refractivity contribution >= 4 is 32.9 Å². The fraction of sp³-hybridized carbons (Fsp3) is 0.217. The third-order valence-corrected chi connectivity index (χ3v) is 7.25. The molecule has 0 spiro atoms. The van der Waals surface area contributed by atoms with Crippen LogP contribution in [0, 0.1) is 0 Å². The monoisotopic (exact) mass is 437 g/mol. The van der Waals surface area contributed by atoms with Crippen LogP contribution in [-0.2, 0) is 10.0 Å². The highest BCUT2D eigenvalue weighted by Gasteiger charge is 2.26. The van der Waals surface area contributed by atoms with E-state index in [-0.39, 0.29) is 16.2 Å². The summed E-state index contributed by atoms with van der Waals surface area (Å²) in [5.74, 6) is -0.488. The maximum Gasteiger partial charge on any atom is 0.271 e. The van der Waals surface area contributed by atoms with Gasteiger partial charge in [-0.1, -0.05) is 42.8 Å².